The number of hydrogen-bond acceptors (Lipinski definition) is 2. The number of aryl methyl sites for hydroxylation is 1. The van der Waals surface area contributed by atoms with Crippen LogP contribution in [0.5, 0.6) is 0 Å². The van der Waals surface area contributed by atoms with Crippen LogP contribution in [0, 0.1) is 11.7 Å². The molecule has 1 fully saturated rings. The number of fused-ring (bicyclic) bond motifs is 1. The SMILES string of the molecule is OC1CCCC1CNC1CCCc2ccc(F)cc21. The van der Waals surface area contributed by atoms with Crippen LogP contribution in [-0.4, -0.2) is 17.8 Å². The van der Waals surface area contributed by atoms with Gasteiger partial charge in [0.05, 0.1) is 6.10 Å². The van der Waals surface area contributed by atoms with Gasteiger partial charge in [0.2, 0.25) is 0 Å². The van der Waals surface area contributed by atoms with Crippen LogP contribution in [0.2, 0.25) is 0 Å². The summed E-state index contributed by atoms with van der Waals surface area (Å²) >= 11 is 0. The van der Waals surface area contributed by atoms with Gasteiger partial charge in [-0.05, 0) is 61.3 Å². The molecule has 0 aromatic heterocycles. The van der Waals surface area contributed by atoms with Crippen LogP contribution in [0.4, 0.5) is 4.39 Å². The number of nitrogens with one attached hydrogen (secondary N) is 1. The molecule has 1 aromatic carbocycles. The van der Waals surface area contributed by atoms with Crippen molar-refractivity contribution in [1.29, 1.82) is 0 Å². The fourth-order valence-electron chi connectivity index (χ4n) is 3.53. The van der Waals surface area contributed by atoms with Gasteiger partial charge in [-0.3, -0.25) is 0 Å². The maximum Gasteiger partial charge on any atom is 0.123 e. The lowest BCUT2D eigenvalue weighted by atomic mass is 9.87. The zero-order valence-corrected chi connectivity index (χ0v) is 11.2. The van der Waals surface area contributed by atoms with E-state index in [0.717, 1.165) is 50.6 Å². The topological polar surface area (TPSA) is 32.3 Å². The number of hydrogen-bond donors (Lipinski definition) is 2. The van der Waals surface area contributed by atoms with Crippen LogP contribution >= 0.6 is 0 Å². The van der Waals surface area contributed by atoms with Crippen molar-refractivity contribution in [2.24, 2.45) is 5.92 Å². The summed E-state index contributed by atoms with van der Waals surface area (Å²) in [5.74, 6) is 0.229. The van der Waals surface area contributed by atoms with Gasteiger partial charge in [-0.1, -0.05) is 12.5 Å². The van der Waals surface area contributed by atoms with E-state index < -0.39 is 0 Å². The molecule has 1 aromatic rings. The molecule has 0 bridgehead atoms. The second kappa shape index (κ2) is 5.59. The number of rotatable bonds is 3. The van der Waals surface area contributed by atoms with E-state index in [1.54, 1.807) is 12.1 Å². The molecule has 0 aliphatic heterocycles. The summed E-state index contributed by atoms with van der Waals surface area (Å²) in [7, 11) is 0. The lowest BCUT2D eigenvalue weighted by molar-refractivity contribution is 0.129. The van der Waals surface area contributed by atoms with Crippen LogP contribution in [0.15, 0.2) is 18.2 Å². The van der Waals surface area contributed by atoms with Crippen molar-refractivity contribution in [1.82, 2.24) is 5.32 Å². The fraction of sp³-hybridized carbons (Fsp3) is 0.625. The molecular weight excluding hydrogens is 241 g/mol. The first kappa shape index (κ1) is 13.1. The Morgan fingerprint density at radius 3 is 2.89 bits per heavy atom. The van der Waals surface area contributed by atoms with E-state index in [2.05, 4.69) is 5.32 Å². The molecule has 0 spiro atoms. The maximum atomic E-state index is 13.4. The molecule has 1 saturated carbocycles. The molecule has 2 N–H and O–H groups in total. The highest BCUT2D eigenvalue weighted by Crippen LogP contribution is 2.31. The van der Waals surface area contributed by atoms with Gasteiger partial charge >= 0.3 is 0 Å². The molecule has 0 amide bonds. The summed E-state index contributed by atoms with van der Waals surface area (Å²) in [5.41, 5.74) is 2.40. The lowest BCUT2D eigenvalue weighted by Gasteiger charge is -2.28. The molecule has 3 rings (SSSR count). The predicted octanol–water partition coefficient (Wildman–Crippen LogP) is 2.95. The Hall–Kier alpha value is -0.930. The van der Waals surface area contributed by atoms with E-state index in [0.29, 0.717) is 5.92 Å². The van der Waals surface area contributed by atoms with Gasteiger partial charge in [-0.15, -0.1) is 0 Å². The van der Waals surface area contributed by atoms with E-state index >= 15 is 0 Å². The molecule has 0 heterocycles. The van der Waals surface area contributed by atoms with E-state index in [-0.39, 0.29) is 18.0 Å². The highest BCUT2D eigenvalue weighted by atomic mass is 19.1. The molecule has 0 radical (unpaired) electrons. The number of aliphatic hydroxyl groups excluding tert-OH is 1. The normalized spacial score (nSPS) is 30.3. The second-order valence-corrected chi connectivity index (χ2v) is 5.95. The summed E-state index contributed by atoms with van der Waals surface area (Å²) < 4.78 is 13.4. The maximum absolute atomic E-state index is 13.4. The molecule has 3 heteroatoms. The minimum absolute atomic E-state index is 0.145. The van der Waals surface area contributed by atoms with E-state index in [4.69, 9.17) is 0 Å². The van der Waals surface area contributed by atoms with Gasteiger partial charge in [0.1, 0.15) is 5.82 Å². The summed E-state index contributed by atoms with van der Waals surface area (Å²) in [6.07, 6.45) is 6.30. The lowest BCUT2D eigenvalue weighted by Crippen LogP contribution is -2.32. The number of aliphatic hydroxyl groups is 1. The standard InChI is InChI=1S/C16H22FNO/c17-13-8-7-11-3-1-5-15(14(11)9-13)18-10-12-4-2-6-16(12)19/h7-9,12,15-16,18-19H,1-6,10H2. The van der Waals surface area contributed by atoms with Gasteiger partial charge in [-0.25, -0.2) is 4.39 Å². The zero-order valence-electron chi connectivity index (χ0n) is 11.2. The Labute approximate surface area is 114 Å². The molecule has 2 nitrogen and oxygen atoms in total. The minimum Gasteiger partial charge on any atom is -0.393 e. The third-order valence-electron chi connectivity index (χ3n) is 4.67. The molecule has 3 atom stereocenters. The quantitative estimate of drug-likeness (QED) is 0.878. The molecule has 19 heavy (non-hydrogen) atoms. The molecule has 0 saturated heterocycles. The van der Waals surface area contributed by atoms with E-state index in [1.165, 1.54) is 5.56 Å². The Balaban J connectivity index is 1.67. The monoisotopic (exact) mass is 263 g/mol. The van der Waals surface area contributed by atoms with Gasteiger partial charge in [0.15, 0.2) is 0 Å². The fourth-order valence-corrected chi connectivity index (χ4v) is 3.53. The van der Waals surface area contributed by atoms with Crippen molar-refractivity contribution < 1.29 is 9.50 Å². The highest BCUT2D eigenvalue weighted by Gasteiger charge is 2.27. The third kappa shape index (κ3) is 2.82. The molecule has 2 aliphatic carbocycles. The van der Waals surface area contributed by atoms with Gasteiger partial charge in [0.25, 0.3) is 0 Å². The van der Waals surface area contributed by atoms with Crippen LogP contribution in [0.1, 0.15) is 49.3 Å². The van der Waals surface area contributed by atoms with E-state index in [1.807, 2.05) is 6.07 Å². The molecule has 2 aliphatic rings. The largest absolute Gasteiger partial charge is 0.393 e. The van der Waals surface area contributed by atoms with Crippen LogP contribution in [0.3, 0.4) is 0 Å². The summed E-state index contributed by atoms with van der Waals surface area (Å²) in [4.78, 5) is 0. The van der Waals surface area contributed by atoms with Crippen LogP contribution in [0.25, 0.3) is 0 Å². The number of halogens is 1. The van der Waals surface area contributed by atoms with Crippen molar-refractivity contribution in [3.63, 3.8) is 0 Å². The Morgan fingerprint density at radius 2 is 2.11 bits per heavy atom. The predicted molar refractivity (Wildman–Crippen MR) is 73.4 cm³/mol. The van der Waals surface area contributed by atoms with Gasteiger partial charge in [-0.2, -0.15) is 0 Å². The second-order valence-electron chi connectivity index (χ2n) is 5.95. The smallest absolute Gasteiger partial charge is 0.123 e. The van der Waals surface area contributed by atoms with Crippen molar-refractivity contribution in [2.45, 2.75) is 50.7 Å². The Bertz CT molecular complexity index is 448. The molecular formula is C16H22FNO. The van der Waals surface area contributed by atoms with Gasteiger partial charge < -0.3 is 10.4 Å². The van der Waals surface area contributed by atoms with Gasteiger partial charge in [0, 0.05) is 12.6 Å². The van der Waals surface area contributed by atoms with Crippen molar-refractivity contribution in [2.75, 3.05) is 6.54 Å². The first-order valence-corrected chi connectivity index (χ1v) is 7.44. The van der Waals surface area contributed by atoms with Crippen molar-refractivity contribution >= 4 is 0 Å². The van der Waals surface area contributed by atoms with Crippen molar-refractivity contribution in [3.8, 4) is 0 Å². The average molecular weight is 263 g/mol. The Morgan fingerprint density at radius 1 is 1.21 bits per heavy atom. The molecule has 104 valence electrons. The third-order valence-corrected chi connectivity index (χ3v) is 4.67. The summed E-state index contributed by atoms with van der Waals surface area (Å²) in [6, 6.07) is 5.41. The van der Waals surface area contributed by atoms with Crippen LogP contribution < -0.4 is 5.32 Å². The highest BCUT2D eigenvalue weighted by molar-refractivity contribution is 5.32. The Kier molecular flexibility index (Phi) is 3.85. The first-order valence-electron chi connectivity index (χ1n) is 7.44. The number of benzene rings is 1. The van der Waals surface area contributed by atoms with E-state index in [9.17, 15) is 9.50 Å². The molecule has 3 unspecified atom stereocenters. The first-order chi connectivity index (χ1) is 9.24. The minimum atomic E-state index is -0.150. The van der Waals surface area contributed by atoms with Crippen LogP contribution in [-0.2, 0) is 6.42 Å². The summed E-state index contributed by atoms with van der Waals surface area (Å²) in [6.45, 7) is 0.849. The summed E-state index contributed by atoms with van der Waals surface area (Å²) in [5, 5.41) is 13.4. The average Bonchev–Trinajstić information content (AvgIpc) is 2.82. The van der Waals surface area contributed by atoms with Crippen molar-refractivity contribution in [3.05, 3.63) is 35.1 Å². The zero-order chi connectivity index (χ0) is 13.2.